The number of fused-ring (bicyclic) bond motifs is 4. The van der Waals surface area contributed by atoms with Crippen molar-refractivity contribution < 1.29 is 17.8 Å². The normalized spacial score (nSPS) is 12.0. The maximum absolute atomic E-state index is 15.3. The van der Waals surface area contributed by atoms with E-state index in [1.165, 1.54) is 23.8 Å². The number of hydrogen-bond donors (Lipinski definition) is 0. The first-order chi connectivity index (χ1) is 16.9. The van der Waals surface area contributed by atoms with Gasteiger partial charge in [-0.2, -0.15) is 13.9 Å². The Bertz CT molecular complexity index is 1780. The Morgan fingerprint density at radius 3 is 2.51 bits per heavy atom. The largest absolute Gasteiger partial charge is 0.437 e. The molecule has 0 spiro atoms. The van der Waals surface area contributed by atoms with Gasteiger partial charge in [0.25, 0.3) is 5.82 Å². The number of para-hydroxylation sites is 3. The third kappa shape index (κ3) is 3.09. The summed E-state index contributed by atoms with van der Waals surface area (Å²) in [6, 6.07) is 20.8. The van der Waals surface area contributed by atoms with E-state index in [4.69, 9.17) is 4.42 Å². The van der Waals surface area contributed by atoms with E-state index < -0.39 is 11.8 Å². The van der Waals surface area contributed by atoms with E-state index in [1.807, 2.05) is 38.2 Å². The smallest absolute Gasteiger partial charge is 0.298 e. The third-order valence-electron chi connectivity index (χ3n) is 6.76. The zero-order valence-electron chi connectivity index (χ0n) is 19.9. The van der Waals surface area contributed by atoms with Crippen LogP contribution in [0.3, 0.4) is 0 Å². The van der Waals surface area contributed by atoms with E-state index in [1.54, 1.807) is 0 Å². The van der Waals surface area contributed by atoms with Gasteiger partial charge >= 0.3 is 0 Å². The Hall–Kier alpha value is -4.06. The zero-order valence-corrected chi connectivity index (χ0v) is 19.9. The molecule has 3 heterocycles. The quantitative estimate of drug-likeness (QED) is 0.205. The molecule has 0 amide bonds. The van der Waals surface area contributed by atoms with Crippen LogP contribution in [0.5, 0.6) is 0 Å². The molecule has 3 aromatic carbocycles. The molecule has 0 N–H and O–H groups in total. The number of imidazole rings is 1. The minimum Gasteiger partial charge on any atom is -0.437 e. The lowest BCUT2D eigenvalue weighted by Crippen LogP contribution is -2.30. The number of halogens is 2. The molecule has 4 nitrogen and oxygen atoms in total. The van der Waals surface area contributed by atoms with Crippen LogP contribution in [0.1, 0.15) is 30.9 Å². The Morgan fingerprint density at radius 2 is 1.71 bits per heavy atom. The van der Waals surface area contributed by atoms with E-state index in [-0.39, 0.29) is 5.71 Å². The summed E-state index contributed by atoms with van der Waals surface area (Å²) in [5, 5.41) is 0.759. The number of furan rings is 1. The summed E-state index contributed by atoms with van der Waals surface area (Å²) < 4.78 is 39.6. The summed E-state index contributed by atoms with van der Waals surface area (Å²) in [6.45, 7) is 6.21. The van der Waals surface area contributed by atoms with Crippen molar-refractivity contribution in [3.8, 4) is 17.1 Å². The fourth-order valence-corrected chi connectivity index (χ4v) is 5.18. The summed E-state index contributed by atoms with van der Waals surface area (Å²) in [5.74, 6) is 0.0571. The maximum atomic E-state index is 15.3. The molecule has 35 heavy (non-hydrogen) atoms. The van der Waals surface area contributed by atoms with Gasteiger partial charge < -0.3 is 4.42 Å². The molecule has 6 heteroatoms. The number of aryl methyl sites for hydroxylation is 2. The molecule has 0 fully saturated rings. The molecule has 0 aliphatic carbocycles. The van der Waals surface area contributed by atoms with Crippen molar-refractivity contribution in [3.05, 3.63) is 89.6 Å². The number of hydrogen-bond acceptors (Lipinski definition) is 2. The SMILES string of the molecule is Cc1cc(F)c2c(oc3nc(F)ccc32)c1-c1n(-c2ccccc2C(C)C)c2ccccc2[n+]1C. The predicted octanol–water partition coefficient (Wildman–Crippen LogP) is 7.13. The number of rotatable bonds is 3. The standard InChI is InChI=1S/C29H24F2N3O/c1-16(2)18-9-5-6-10-21(18)34-23-12-8-7-11-22(23)33(4)29(34)25-17(3)15-20(30)26-19-13-14-24(31)32-28(19)35-27(25)26/h5-16H,1-4H3/q+1. The highest BCUT2D eigenvalue weighted by Crippen LogP contribution is 2.40. The van der Waals surface area contributed by atoms with Gasteiger partial charge in [0.05, 0.1) is 17.8 Å². The lowest BCUT2D eigenvalue weighted by atomic mass is 9.99. The monoisotopic (exact) mass is 468 g/mol. The highest BCUT2D eigenvalue weighted by atomic mass is 19.1. The Morgan fingerprint density at radius 1 is 0.971 bits per heavy atom. The number of nitrogens with zero attached hydrogens (tertiary/aromatic N) is 3. The van der Waals surface area contributed by atoms with Gasteiger partial charge in [0.15, 0.2) is 16.6 Å². The molecule has 6 rings (SSSR count). The van der Waals surface area contributed by atoms with Crippen LogP contribution in [0.4, 0.5) is 8.78 Å². The molecular formula is C29H24F2N3O+. The van der Waals surface area contributed by atoms with Crippen molar-refractivity contribution >= 4 is 33.1 Å². The van der Waals surface area contributed by atoms with Gasteiger partial charge in [-0.3, -0.25) is 0 Å². The van der Waals surface area contributed by atoms with Gasteiger partial charge in [-0.1, -0.05) is 44.2 Å². The minimum atomic E-state index is -0.666. The van der Waals surface area contributed by atoms with Crippen LogP contribution in [-0.2, 0) is 7.05 Å². The van der Waals surface area contributed by atoms with Crippen LogP contribution in [0.2, 0.25) is 0 Å². The number of aromatic nitrogens is 3. The third-order valence-corrected chi connectivity index (χ3v) is 6.76. The Kier molecular flexibility index (Phi) is 4.74. The van der Waals surface area contributed by atoms with Crippen LogP contribution in [0.15, 0.2) is 71.1 Å². The summed E-state index contributed by atoms with van der Waals surface area (Å²) in [4.78, 5) is 3.89. The topological polar surface area (TPSA) is 34.8 Å². The van der Waals surface area contributed by atoms with Crippen molar-refractivity contribution in [2.24, 2.45) is 7.05 Å². The summed E-state index contributed by atoms with van der Waals surface area (Å²) in [6.07, 6.45) is 0. The summed E-state index contributed by atoms with van der Waals surface area (Å²) in [5.41, 5.74) is 6.20. The highest BCUT2D eigenvalue weighted by molar-refractivity contribution is 6.09. The van der Waals surface area contributed by atoms with E-state index >= 15 is 4.39 Å². The lowest BCUT2D eigenvalue weighted by Gasteiger charge is -2.13. The fraction of sp³-hybridized carbons (Fsp3) is 0.172. The molecule has 0 atom stereocenters. The molecule has 6 aromatic rings. The van der Waals surface area contributed by atoms with Crippen molar-refractivity contribution in [1.82, 2.24) is 9.55 Å². The van der Waals surface area contributed by atoms with Crippen molar-refractivity contribution in [1.29, 1.82) is 0 Å². The number of pyridine rings is 1. The average molecular weight is 469 g/mol. The van der Waals surface area contributed by atoms with Crippen LogP contribution in [-0.4, -0.2) is 9.55 Å². The second kappa shape index (κ2) is 7.73. The van der Waals surface area contributed by atoms with Crippen molar-refractivity contribution in [2.45, 2.75) is 26.7 Å². The number of benzene rings is 3. The fourth-order valence-electron chi connectivity index (χ4n) is 5.18. The van der Waals surface area contributed by atoms with E-state index in [0.717, 1.165) is 33.7 Å². The molecule has 3 aromatic heterocycles. The molecular weight excluding hydrogens is 444 g/mol. The predicted molar refractivity (Wildman–Crippen MR) is 134 cm³/mol. The first-order valence-electron chi connectivity index (χ1n) is 11.6. The molecule has 0 radical (unpaired) electrons. The molecule has 0 aliphatic rings. The molecule has 0 aliphatic heterocycles. The Labute approximate surface area is 201 Å². The molecule has 0 unspecified atom stereocenters. The minimum absolute atomic E-state index is 0.0821. The van der Waals surface area contributed by atoms with Crippen LogP contribution in [0.25, 0.3) is 50.2 Å². The van der Waals surface area contributed by atoms with Crippen LogP contribution >= 0.6 is 0 Å². The van der Waals surface area contributed by atoms with Crippen molar-refractivity contribution in [3.63, 3.8) is 0 Å². The summed E-state index contributed by atoms with van der Waals surface area (Å²) in [7, 11) is 2.00. The second-order valence-corrected chi connectivity index (χ2v) is 9.26. The molecule has 0 bridgehead atoms. The molecule has 174 valence electrons. The average Bonchev–Trinajstić information content (AvgIpc) is 3.35. The van der Waals surface area contributed by atoms with E-state index in [9.17, 15) is 4.39 Å². The van der Waals surface area contributed by atoms with Gasteiger partial charge in [-0.25, -0.2) is 8.96 Å². The van der Waals surface area contributed by atoms with Gasteiger partial charge in [-0.05, 0) is 54.8 Å². The van der Waals surface area contributed by atoms with E-state index in [0.29, 0.717) is 22.3 Å². The van der Waals surface area contributed by atoms with Gasteiger partial charge in [0.2, 0.25) is 11.7 Å². The van der Waals surface area contributed by atoms with Crippen LogP contribution in [0, 0.1) is 18.7 Å². The highest BCUT2D eigenvalue weighted by Gasteiger charge is 2.32. The molecule has 0 saturated carbocycles. The molecule has 0 saturated heterocycles. The lowest BCUT2D eigenvalue weighted by molar-refractivity contribution is -0.633. The van der Waals surface area contributed by atoms with Gasteiger partial charge in [-0.15, -0.1) is 0 Å². The summed E-state index contributed by atoms with van der Waals surface area (Å²) >= 11 is 0. The van der Waals surface area contributed by atoms with Gasteiger partial charge in [0.1, 0.15) is 17.1 Å². The zero-order chi connectivity index (χ0) is 24.4. The maximum Gasteiger partial charge on any atom is 0.298 e. The van der Waals surface area contributed by atoms with Crippen LogP contribution < -0.4 is 4.57 Å². The first-order valence-corrected chi connectivity index (χ1v) is 11.6. The van der Waals surface area contributed by atoms with Gasteiger partial charge in [0, 0.05) is 5.56 Å². The Balaban J connectivity index is 1.82. The first kappa shape index (κ1) is 21.5. The second-order valence-electron chi connectivity index (χ2n) is 9.26. The van der Waals surface area contributed by atoms with E-state index in [2.05, 4.69) is 52.2 Å². The van der Waals surface area contributed by atoms with Crippen molar-refractivity contribution in [2.75, 3.05) is 0 Å².